The molecular weight excluding hydrogens is 306 g/mol. The number of benzene rings is 2. The third-order valence-electron chi connectivity index (χ3n) is 3.51. The standard InChI is InChI=1S/C19H21NO4/c1-14(21)16-4-3-5-18(12-16)24-13-19(22)20-11-10-15-6-8-17(23-2)9-7-15/h3-9,12H,10-11,13H2,1-2H3,(H,20,22). The number of ether oxygens (including phenoxy) is 2. The van der Waals surface area contributed by atoms with E-state index in [0.717, 1.165) is 17.7 Å². The van der Waals surface area contributed by atoms with Crippen molar-refractivity contribution in [2.75, 3.05) is 20.3 Å². The van der Waals surface area contributed by atoms with E-state index in [1.54, 1.807) is 31.4 Å². The molecule has 126 valence electrons. The highest BCUT2D eigenvalue weighted by Crippen LogP contribution is 2.13. The van der Waals surface area contributed by atoms with E-state index in [9.17, 15) is 9.59 Å². The second-order valence-corrected chi connectivity index (χ2v) is 5.32. The summed E-state index contributed by atoms with van der Waals surface area (Å²) in [6.45, 7) is 1.94. The molecule has 0 radical (unpaired) electrons. The van der Waals surface area contributed by atoms with Gasteiger partial charge in [0.15, 0.2) is 12.4 Å². The summed E-state index contributed by atoms with van der Waals surface area (Å²) < 4.78 is 10.5. The van der Waals surface area contributed by atoms with E-state index in [0.29, 0.717) is 17.9 Å². The molecule has 0 saturated carbocycles. The van der Waals surface area contributed by atoms with Crippen molar-refractivity contribution in [1.82, 2.24) is 5.32 Å². The van der Waals surface area contributed by atoms with Crippen LogP contribution in [-0.4, -0.2) is 32.0 Å². The molecule has 0 atom stereocenters. The van der Waals surface area contributed by atoms with Crippen LogP contribution in [0.3, 0.4) is 0 Å². The van der Waals surface area contributed by atoms with Gasteiger partial charge in [-0.3, -0.25) is 9.59 Å². The molecule has 1 N–H and O–H groups in total. The van der Waals surface area contributed by atoms with Crippen molar-refractivity contribution in [3.63, 3.8) is 0 Å². The van der Waals surface area contributed by atoms with Crippen molar-refractivity contribution in [1.29, 1.82) is 0 Å². The van der Waals surface area contributed by atoms with Gasteiger partial charge >= 0.3 is 0 Å². The number of amides is 1. The highest BCUT2D eigenvalue weighted by molar-refractivity contribution is 5.94. The van der Waals surface area contributed by atoms with Gasteiger partial charge in [-0.1, -0.05) is 24.3 Å². The summed E-state index contributed by atoms with van der Waals surface area (Å²) in [4.78, 5) is 23.1. The minimum Gasteiger partial charge on any atom is -0.497 e. The van der Waals surface area contributed by atoms with Crippen LogP contribution in [0.1, 0.15) is 22.8 Å². The van der Waals surface area contributed by atoms with Crippen LogP contribution < -0.4 is 14.8 Å². The fourth-order valence-electron chi connectivity index (χ4n) is 2.14. The lowest BCUT2D eigenvalue weighted by molar-refractivity contribution is -0.123. The summed E-state index contributed by atoms with van der Waals surface area (Å²) in [5.74, 6) is 1.08. The molecule has 0 heterocycles. The molecule has 5 nitrogen and oxygen atoms in total. The first-order valence-electron chi connectivity index (χ1n) is 7.72. The Balaban J connectivity index is 1.73. The summed E-state index contributed by atoms with van der Waals surface area (Å²) >= 11 is 0. The van der Waals surface area contributed by atoms with Crippen molar-refractivity contribution in [2.24, 2.45) is 0 Å². The normalized spacial score (nSPS) is 10.1. The van der Waals surface area contributed by atoms with Crippen LogP contribution in [0, 0.1) is 0 Å². The van der Waals surface area contributed by atoms with E-state index in [-0.39, 0.29) is 18.3 Å². The number of methoxy groups -OCH3 is 1. The highest BCUT2D eigenvalue weighted by Gasteiger charge is 2.05. The smallest absolute Gasteiger partial charge is 0.257 e. The average molecular weight is 327 g/mol. The maximum atomic E-state index is 11.8. The zero-order chi connectivity index (χ0) is 17.4. The molecule has 2 aromatic carbocycles. The summed E-state index contributed by atoms with van der Waals surface area (Å²) in [6.07, 6.45) is 0.732. The first kappa shape index (κ1) is 17.5. The maximum absolute atomic E-state index is 11.8. The van der Waals surface area contributed by atoms with Gasteiger partial charge in [0.05, 0.1) is 7.11 Å². The van der Waals surface area contributed by atoms with Gasteiger partial charge in [-0.15, -0.1) is 0 Å². The summed E-state index contributed by atoms with van der Waals surface area (Å²) in [5, 5.41) is 2.81. The molecule has 24 heavy (non-hydrogen) atoms. The monoisotopic (exact) mass is 327 g/mol. The first-order valence-corrected chi connectivity index (χ1v) is 7.72. The average Bonchev–Trinajstić information content (AvgIpc) is 2.61. The summed E-state index contributed by atoms with van der Waals surface area (Å²) in [6, 6.07) is 14.5. The van der Waals surface area contributed by atoms with E-state index < -0.39 is 0 Å². The minimum absolute atomic E-state index is 0.0376. The number of carbonyl (C=O) groups excluding carboxylic acids is 2. The lowest BCUT2D eigenvalue weighted by Crippen LogP contribution is -2.30. The molecule has 0 unspecified atom stereocenters. The van der Waals surface area contributed by atoms with Crippen LogP contribution in [0.2, 0.25) is 0 Å². The first-order chi connectivity index (χ1) is 11.6. The molecule has 2 rings (SSSR count). The van der Waals surface area contributed by atoms with Crippen LogP contribution in [0.15, 0.2) is 48.5 Å². The summed E-state index contributed by atoms with van der Waals surface area (Å²) in [7, 11) is 1.63. The van der Waals surface area contributed by atoms with Gasteiger partial charge in [0.25, 0.3) is 5.91 Å². The van der Waals surface area contributed by atoms with Gasteiger partial charge in [0, 0.05) is 12.1 Å². The van der Waals surface area contributed by atoms with E-state index in [1.165, 1.54) is 6.92 Å². The predicted octanol–water partition coefficient (Wildman–Crippen LogP) is 2.64. The molecule has 0 fully saturated rings. The Kier molecular flexibility index (Phi) is 6.37. The zero-order valence-electron chi connectivity index (χ0n) is 13.9. The van der Waals surface area contributed by atoms with E-state index in [1.807, 2.05) is 24.3 Å². The lowest BCUT2D eigenvalue weighted by Gasteiger charge is -2.08. The van der Waals surface area contributed by atoms with Gasteiger partial charge in [0.1, 0.15) is 11.5 Å². The van der Waals surface area contributed by atoms with E-state index in [4.69, 9.17) is 9.47 Å². The Morgan fingerprint density at radius 3 is 2.46 bits per heavy atom. The number of nitrogens with one attached hydrogen (secondary N) is 1. The van der Waals surface area contributed by atoms with Crippen molar-refractivity contribution in [3.05, 3.63) is 59.7 Å². The number of ketones is 1. The zero-order valence-corrected chi connectivity index (χ0v) is 13.9. The molecule has 5 heteroatoms. The molecule has 2 aromatic rings. The van der Waals surface area contributed by atoms with Crippen LogP contribution in [0.25, 0.3) is 0 Å². The Morgan fingerprint density at radius 2 is 1.79 bits per heavy atom. The fraction of sp³-hybridized carbons (Fsp3) is 0.263. The Bertz CT molecular complexity index is 695. The molecule has 1 amide bonds. The van der Waals surface area contributed by atoms with E-state index >= 15 is 0 Å². The molecule has 0 bridgehead atoms. The maximum Gasteiger partial charge on any atom is 0.257 e. The Morgan fingerprint density at radius 1 is 1.04 bits per heavy atom. The molecular formula is C19H21NO4. The third-order valence-corrected chi connectivity index (χ3v) is 3.51. The van der Waals surface area contributed by atoms with Crippen LogP contribution in [0.4, 0.5) is 0 Å². The molecule has 0 spiro atoms. The van der Waals surface area contributed by atoms with Gasteiger partial charge in [0.2, 0.25) is 0 Å². The summed E-state index contributed by atoms with van der Waals surface area (Å²) in [5.41, 5.74) is 1.68. The topological polar surface area (TPSA) is 64.6 Å². The largest absolute Gasteiger partial charge is 0.497 e. The van der Waals surface area contributed by atoms with Gasteiger partial charge in [-0.25, -0.2) is 0 Å². The van der Waals surface area contributed by atoms with Crippen LogP contribution in [-0.2, 0) is 11.2 Å². The van der Waals surface area contributed by atoms with Gasteiger partial charge < -0.3 is 14.8 Å². The van der Waals surface area contributed by atoms with Crippen molar-refractivity contribution >= 4 is 11.7 Å². The minimum atomic E-state index is -0.197. The molecule has 0 aliphatic rings. The van der Waals surface area contributed by atoms with Crippen LogP contribution in [0.5, 0.6) is 11.5 Å². The Hall–Kier alpha value is -2.82. The highest BCUT2D eigenvalue weighted by atomic mass is 16.5. The SMILES string of the molecule is COc1ccc(CCNC(=O)COc2cccc(C(C)=O)c2)cc1. The van der Waals surface area contributed by atoms with Crippen molar-refractivity contribution in [3.8, 4) is 11.5 Å². The second-order valence-electron chi connectivity index (χ2n) is 5.32. The van der Waals surface area contributed by atoms with Crippen molar-refractivity contribution in [2.45, 2.75) is 13.3 Å². The second kappa shape index (κ2) is 8.72. The van der Waals surface area contributed by atoms with Gasteiger partial charge in [-0.2, -0.15) is 0 Å². The fourth-order valence-corrected chi connectivity index (χ4v) is 2.14. The lowest BCUT2D eigenvalue weighted by atomic mass is 10.1. The quantitative estimate of drug-likeness (QED) is 0.757. The predicted molar refractivity (Wildman–Crippen MR) is 91.6 cm³/mol. The number of rotatable bonds is 8. The number of hydrogen-bond acceptors (Lipinski definition) is 4. The van der Waals surface area contributed by atoms with E-state index in [2.05, 4.69) is 5.32 Å². The molecule has 0 aromatic heterocycles. The molecule has 0 saturated heterocycles. The molecule has 0 aliphatic carbocycles. The van der Waals surface area contributed by atoms with Crippen molar-refractivity contribution < 1.29 is 19.1 Å². The molecule has 0 aliphatic heterocycles. The van der Waals surface area contributed by atoms with Gasteiger partial charge in [-0.05, 0) is 43.2 Å². The number of Topliss-reactive ketones (excluding diaryl/α,β-unsaturated/α-hetero) is 1. The third kappa shape index (κ3) is 5.43. The number of hydrogen-bond donors (Lipinski definition) is 1. The van der Waals surface area contributed by atoms with Crippen LogP contribution >= 0.6 is 0 Å². The Labute approximate surface area is 141 Å². The number of carbonyl (C=O) groups is 2.